The Hall–Kier alpha value is -4.25. The van der Waals surface area contributed by atoms with Crippen molar-refractivity contribution in [3.8, 4) is 28.7 Å². The largest absolute Gasteiger partial charge is 0.508 e. The first-order valence-electron chi connectivity index (χ1n) is 8.76. The van der Waals surface area contributed by atoms with Crippen molar-refractivity contribution < 1.29 is 33.0 Å². The van der Waals surface area contributed by atoms with Crippen molar-refractivity contribution in [3.05, 3.63) is 88.5 Å². The van der Waals surface area contributed by atoms with Gasteiger partial charge in [0, 0.05) is 16.7 Å². The number of primary amides is 1. The van der Waals surface area contributed by atoms with Crippen molar-refractivity contribution in [2.75, 3.05) is 0 Å². The Balaban J connectivity index is 2.14. The summed E-state index contributed by atoms with van der Waals surface area (Å²) in [7, 11) is 0. The lowest BCUT2D eigenvalue weighted by Gasteiger charge is -2.10. The van der Waals surface area contributed by atoms with E-state index in [4.69, 9.17) is 5.73 Å². The molecule has 31 heavy (non-hydrogen) atoms. The number of alkyl halides is 3. The van der Waals surface area contributed by atoms with Crippen LogP contribution in [0.2, 0.25) is 0 Å². The minimum atomic E-state index is -4.72. The Morgan fingerprint density at radius 1 is 0.839 bits per heavy atom. The van der Waals surface area contributed by atoms with E-state index in [1.807, 2.05) is 0 Å². The summed E-state index contributed by atoms with van der Waals surface area (Å²) >= 11 is 0. The number of carbonyl (C=O) groups excluding carboxylic acids is 1. The summed E-state index contributed by atoms with van der Waals surface area (Å²) in [5, 5.41) is 18.7. The number of hydrogen-bond donors (Lipinski definition) is 3. The smallest absolute Gasteiger partial charge is 0.417 e. The molecule has 0 aliphatic rings. The van der Waals surface area contributed by atoms with Crippen molar-refractivity contribution in [1.29, 1.82) is 0 Å². The van der Waals surface area contributed by atoms with E-state index in [-0.39, 0.29) is 22.3 Å². The second-order valence-corrected chi connectivity index (χ2v) is 6.48. The second kappa shape index (κ2) is 8.24. The molecule has 3 rings (SSSR count). The number of halogens is 3. The molecule has 8 heteroatoms. The number of phenols is 1. The van der Waals surface area contributed by atoms with Gasteiger partial charge in [-0.2, -0.15) is 13.2 Å². The fourth-order valence-electron chi connectivity index (χ4n) is 2.85. The first kappa shape index (κ1) is 21.5. The summed E-state index contributed by atoms with van der Waals surface area (Å²) in [6.07, 6.45) is -4.72. The highest BCUT2D eigenvalue weighted by molar-refractivity contribution is 5.94. The fraction of sp³-hybridized carbons (Fsp3) is 0.0435. The number of phenolic OH excluding ortho intramolecular Hbond substituents is 1. The average molecular weight is 425 g/mol. The molecule has 5 nitrogen and oxygen atoms in total. The van der Waals surface area contributed by atoms with E-state index < -0.39 is 29.4 Å². The van der Waals surface area contributed by atoms with Gasteiger partial charge in [0.25, 0.3) is 0 Å². The van der Waals surface area contributed by atoms with E-state index in [1.165, 1.54) is 42.5 Å². The van der Waals surface area contributed by atoms with Crippen molar-refractivity contribution in [3.63, 3.8) is 0 Å². The van der Waals surface area contributed by atoms with E-state index >= 15 is 0 Å². The summed E-state index contributed by atoms with van der Waals surface area (Å²) < 4.78 is 39.8. The second-order valence-electron chi connectivity index (χ2n) is 6.48. The number of rotatable bonds is 3. The number of carboxylic acid groups (broad SMARTS) is 1. The van der Waals surface area contributed by atoms with Crippen LogP contribution in [0.5, 0.6) is 5.75 Å². The lowest BCUT2D eigenvalue weighted by Crippen LogP contribution is -2.10. The van der Waals surface area contributed by atoms with E-state index in [9.17, 15) is 33.0 Å². The number of aromatic hydroxyl groups is 1. The Morgan fingerprint density at radius 3 is 2.00 bits per heavy atom. The Morgan fingerprint density at radius 2 is 1.42 bits per heavy atom. The number of benzene rings is 3. The topological polar surface area (TPSA) is 101 Å². The third-order valence-electron chi connectivity index (χ3n) is 4.39. The van der Waals surface area contributed by atoms with E-state index in [0.717, 1.165) is 12.1 Å². The van der Waals surface area contributed by atoms with E-state index in [0.29, 0.717) is 17.2 Å². The molecular weight excluding hydrogens is 411 g/mol. The SMILES string of the molecule is NC(=O)c1ccc(-c2cc(C(=O)O)ccc2C#Cc2ccc(O)cc2C(F)(F)F)cc1. The monoisotopic (exact) mass is 425 g/mol. The number of carboxylic acids is 1. The van der Waals surface area contributed by atoms with Crippen LogP contribution in [0.25, 0.3) is 11.1 Å². The van der Waals surface area contributed by atoms with Crippen LogP contribution in [-0.2, 0) is 6.18 Å². The highest BCUT2D eigenvalue weighted by atomic mass is 19.4. The average Bonchev–Trinajstić information content (AvgIpc) is 2.72. The summed E-state index contributed by atoms with van der Waals surface area (Å²) in [6.45, 7) is 0. The Kier molecular flexibility index (Phi) is 5.70. The van der Waals surface area contributed by atoms with Crippen LogP contribution in [0.15, 0.2) is 60.7 Å². The third-order valence-corrected chi connectivity index (χ3v) is 4.39. The molecule has 0 aliphatic heterocycles. The minimum absolute atomic E-state index is 0.0415. The standard InChI is InChI=1S/C23H14F3NO4/c24-23(25,26)20-12-18(28)10-9-15(20)5-1-13-4-8-17(22(30)31)11-19(13)14-2-6-16(7-3-14)21(27)29/h2-4,6-12,28H,(H2,27,29)(H,30,31). The number of aromatic carboxylic acids is 1. The molecule has 3 aromatic carbocycles. The van der Waals surface area contributed by atoms with Gasteiger partial charge in [-0.25, -0.2) is 4.79 Å². The summed E-state index contributed by atoms with van der Waals surface area (Å²) in [5.74, 6) is 2.73. The van der Waals surface area contributed by atoms with Gasteiger partial charge in [0.15, 0.2) is 0 Å². The normalized spacial score (nSPS) is 10.8. The molecule has 0 radical (unpaired) electrons. The number of hydrogen-bond acceptors (Lipinski definition) is 3. The van der Waals surface area contributed by atoms with Gasteiger partial charge in [-0.3, -0.25) is 4.79 Å². The lowest BCUT2D eigenvalue weighted by molar-refractivity contribution is -0.137. The summed E-state index contributed by atoms with van der Waals surface area (Å²) in [5.41, 5.74) is 5.12. The zero-order valence-electron chi connectivity index (χ0n) is 15.7. The molecule has 3 aromatic rings. The first-order chi connectivity index (χ1) is 14.6. The van der Waals surface area contributed by atoms with Gasteiger partial charge < -0.3 is 15.9 Å². The lowest BCUT2D eigenvalue weighted by atomic mass is 9.96. The molecule has 0 aliphatic carbocycles. The molecule has 0 heterocycles. The maximum Gasteiger partial charge on any atom is 0.417 e. The van der Waals surface area contributed by atoms with Crippen LogP contribution in [0.3, 0.4) is 0 Å². The van der Waals surface area contributed by atoms with Gasteiger partial charge in [-0.05, 0) is 59.7 Å². The van der Waals surface area contributed by atoms with Gasteiger partial charge in [-0.15, -0.1) is 0 Å². The van der Waals surface area contributed by atoms with Crippen LogP contribution < -0.4 is 5.73 Å². The molecule has 0 spiro atoms. The van der Waals surface area contributed by atoms with E-state index in [2.05, 4.69) is 11.8 Å². The van der Waals surface area contributed by atoms with Gasteiger partial charge in [0.1, 0.15) is 5.75 Å². The highest BCUT2D eigenvalue weighted by Crippen LogP contribution is 2.34. The van der Waals surface area contributed by atoms with Crippen LogP contribution in [0.1, 0.15) is 37.4 Å². The molecule has 0 unspecified atom stereocenters. The van der Waals surface area contributed by atoms with Gasteiger partial charge in [-0.1, -0.05) is 24.0 Å². The molecule has 0 saturated carbocycles. The zero-order valence-corrected chi connectivity index (χ0v) is 15.7. The van der Waals surface area contributed by atoms with Gasteiger partial charge >= 0.3 is 12.1 Å². The molecule has 0 atom stereocenters. The molecular formula is C23H14F3NO4. The fourth-order valence-corrected chi connectivity index (χ4v) is 2.85. The number of nitrogens with two attached hydrogens (primary N) is 1. The summed E-state index contributed by atoms with van der Waals surface area (Å²) in [6, 6.07) is 12.7. The number of carbonyl (C=O) groups is 2. The van der Waals surface area contributed by atoms with Gasteiger partial charge in [0.05, 0.1) is 11.1 Å². The van der Waals surface area contributed by atoms with Crippen molar-refractivity contribution >= 4 is 11.9 Å². The first-order valence-corrected chi connectivity index (χ1v) is 8.76. The molecule has 4 N–H and O–H groups in total. The predicted molar refractivity (Wildman–Crippen MR) is 106 cm³/mol. The number of amides is 1. The highest BCUT2D eigenvalue weighted by Gasteiger charge is 2.33. The quantitative estimate of drug-likeness (QED) is 0.546. The Labute approximate surface area is 174 Å². The van der Waals surface area contributed by atoms with Crippen molar-refractivity contribution in [2.24, 2.45) is 5.73 Å². The van der Waals surface area contributed by atoms with Crippen molar-refractivity contribution in [2.45, 2.75) is 6.18 Å². The maximum atomic E-state index is 13.3. The predicted octanol–water partition coefficient (Wildman–Crippen LogP) is 4.27. The van der Waals surface area contributed by atoms with Crippen LogP contribution in [0.4, 0.5) is 13.2 Å². The molecule has 0 saturated heterocycles. The maximum absolute atomic E-state index is 13.3. The third kappa shape index (κ3) is 4.85. The molecule has 0 fully saturated rings. The Bertz CT molecular complexity index is 1240. The van der Waals surface area contributed by atoms with E-state index in [1.54, 1.807) is 0 Å². The van der Waals surface area contributed by atoms with Crippen LogP contribution >= 0.6 is 0 Å². The van der Waals surface area contributed by atoms with Crippen LogP contribution in [0, 0.1) is 11.8 Å². The zero-order chi connectivity index (χ0) is 22.8. The molecule has 0 aromatic heterocycles. The molecule has 1 amide bonds. The molecule has 156 valence electrons. The van der Waals surface area contributed by atoms with Crippen LogP contribution in [-0.4, -0.2) is 22.1 Å². The van der Waals surface area contributed by atoms with Crippen molar-refractivity contribution in [1.82, 2.24) is 0 Å². The van der Waals surface area contributed by atoms with Gasteiger partial charge in [0.2, 0.25) is 5.91 Å². The molecule has 0 bridgehead atoms. The summed E-state index contributed by atoms with van der Waals surface area (Å²) in [4.78, 5) is 22.6. The minimum Gasteiger partial charge on any atom is -0.508 e.